The number of carbonyl (C=O) groups excluding carboxylic acids is 1. The van der Waals surface area contributed by atoms with E-state index < -0.39 is 11.7 Å². The van der Waals surface area contributed by atoms with Crippen LogP contribution in [0.3, 0.4) is 0 Å². The van der Waals surface area contributed by atoms with Crippen molar-refractivity contribution in [2.75, 3.05) is 5.32 Å². The van der Waals surface area contributed by atoms with E-state index in [9.17, 15) is 14.7 Å². The van der Waals surface area contributed by atoms with E-state index in [1.165, 1.54) is 6.07 Å². The third kappa shape index (κ3) is 4.54. The second kappa shape index (κ2) is 8.45. The lowest BCUT2D eigenvalue weighted by Gasteiger charge is -2.18. The van der Waals surface area contributed by atoms with E-state index in [0.29, 0.717) is 11.4 Å². The first-order valence-corrected chi connectivity index (χ1v) is 9.92. The third-order valence-corrected chi connectivity index (χ3v) is 5.20. The second-order valence-electron chi connectivity index (χ2n) is 7.57. The Kier molecular flexibility index (Phi) is 5.57. The average Bonchev–Trinajstić information content (AvgIpc) is 3.55. The van der Waals surface area contributed by atoms with Crippen LogP contribution in [-0.4, -0.2) is 11.2 Å². The van der Waals surface area contributed by atoms with Crippen LogP contribution in [0.4, 0.5) is 10.5 Å². The van der Waals surface area contributed by atoms with Crippen LogP contribution in [0, 0.1) is 12.8 Å². The topological polar surface area (TPSA) is 88.8 Å². The number of nitrogens with one attached hydrogen (secondary N) is 1. The molecule has 6 heteroatoms. The molecule has 1 aromatic heterocycles. The normalized spacial score (nSPS) is 14.2. The Labute approximate surface area is 174 Å². The molecule has 0 saturated heterocycles. The van der Waals surface area contributed by atoms with Crippen LogP contribution in [0.1, 0.15) is 41.2 Å². The van der Waals surface area contributed by atoms with Crippen molar-refractivity contribution in [3.63, 3.8) is 0 Å². The minimum Gasteiger partial charge on any atom is -0.507 e. The van der Waals surface area contributed by atoms with Gasteiger partial charge in [0.25, 0.3) is 0 Å². The molecule has 1 fully saturated rings. The third-order valence-electron chi connectivity index (χ3n) is 5.20. The van der Waals surface area contributed by atoms with E-state index in [0.717, 1.165) is 24.0 Å². The Hall–Kier alpha value is -3.54. The summed E-state index contributed by atoms with van der Waals surface area (Å²) in [4.78, 5) is 24.7. The van der Waals surface area contributed by atoms with Gasteiger partial charge in [0.05, 0.1) is 5.56 Å². The minimum absolute atomic E-state index is 0.0544. The van der Waals surface area contributed by atoms with Crippen LogP contribution in [0.5, 0.6) is 5.75 Å². The van der Waals surface area contributed by atoms with Gasteiger partial charge in [0, 0.05) is 17.7 Å². The van der Waals surface area contributed by atoms with Crippen molar-refractivity contribution in [1.29, 1.82) is 0 Å². The summed E-state index contributed by atoms with van der Waals surface area (Å²) < 4.78 is 10.5. The fraction of sp³-hybridized carbons (Fsp3) is 0.250. The Bertz CT molecular complexity index is 1100. The van der Waals surface area contributed by atoms with Crippen LogP contribution in [0.25, 0.3) is 0 Å². The summed E-state index contributed by atoms with van der Waals surface area (Å²) in [6.07, 6.45) is 1.37. The van der Waals surface area contributed by atoms with Gasteiger partial charge in [-0.15, -0.1) is 0 Å². The van der Waals surface area contributed by atoms with Gasteiger partial charge in [-0.2, -0.15) is 0 Å². The number of rotatable bonds is 6. The van der Waals surface area contributed by atoms with E-state index in [1.54, 1.807) is 13.0 Å². The number of ether oxygens (including phenoxy) is 1. The largest absolute Gasteiger partial charge is 0.507 e. The first-order valence-electron chi connectivity index (χ1n) is 9.92. The predicted octanol–water partition coefficient (Wildman–Crippen LogP) is 4.94. The Morgan fingerprint density at radius 3 is 2.63 bits per heavy atom. The molecule has 6 nitrogen and oxygen atoms in total. The summed E-state index contributed by atoms with van der Waals surface area (Å²) in [5, 5.41) is 13.2. The number of hydrogen-bond donors (Lipinski definition) is 2. The highest BCUT2D eigenvalue weighted by molar-refractivity contribution is 5.84. The number of benzene rings is 2. The number of carbonyl (C=O) groups is 1. The number of aromatic hydroxyl groups is 1. The zero-order valence-electron chi connectivity index (χ0n) is 16.6. The van der Waals surface area contributed by atoms with Gasteiger partial charge < -0.3 is 14.3 Å². The minimum atomic E-state index is -0.559. The van der Waals surface area contributed by atoms with Gasteiger partial charge in [0.1, 0.15) is 18.1 Å². The lowest BCUT2D eigenvalue weighted by molar-refractivity contribution is 0.155. The quantitative estimate of drug-likeness (QED) is 0.606. The van der Waals surface area contributed by atoms with E-state index in [1.807, 2.05) is 48.5 Å². The highest BCUT2D eigenvalue weighted by Crippen LogP contribution is 2.47. The van der Waals surface area contributed by atoms with E-state index in [-0.39, 0.29) is 29.8 Å². The van der Waals surface area contributed by atoms with Gasteiger partial charge in [0.15, 0.2) is 0 Å². The molecule has 0 spiro atoms. The molecule has 154 valence electrons. The van der Waals surface area contributed by atoms with Crippen molar-refractivity contribution < 1.29 is 19.1 Å². The summed E-state index contributed by atoms with van der Waals surface area (Å²) in [5.41, 5.74) is 2.05. The molecule has 1 saturated carbocycles. The first kappa shape index (κ1) is 19.8. The molecule has 0 aliphatic heterocycles. The Balaban J connectivity index is 1.53. The summed E-state index contributed by atoms with van der Waals surface area (Å²) in [6, 6.07) is 18.2. The molecule has 30 heavy (non-hydrogen) atoms. The molecule has 0 radical (unpaired) electrons. The van der Waals surface area contributed by atoms with Crippen LogP contribution in [0.2, 0.25) is 0 Å². The van der Waals surface area contributed by atoms with Crippen LogP contribution in [0.15, 0.2) is 69.9 Å². The fourth-order valence-corrected chi connectivity index (χ4v) is 3.68. The summed E-state index contributed by atoms with van der Waals surface area (Å²) >= 11 is 0. The van der Waals surface area contributed by atoms with Gasteiger partial charge in [-0.05, 0) is 48.9 Å². The van der Waals surface area contributed by atoms with Crippen molar-refractivity contribution in [1.82, 2.24) is 0 Å². The van der Waals surface area contributed by atoms with E-state index in [4.69, 9.17) is 9.15 Å². The SMILES string of the molecule is Cc1cc(O)c(C(c2cccc(NC(=O)OCc3ccccc3)c2)C2CC2)c(=O)o1. The zero-order chi connectivity index (χ0) is 21.1. The Morgan fingerprint density at radius 1 is 1.17 bits per heavy atom. The van der Waals surface area contributed by atoms with Crippen molar-refractivity contribution in [3.05, 3.63) is 93.5 Å². The molecule has 1 unspecified atom stereocenters. The molecule has 1 aliphatic carbocycles. The average molecular weight is 405 g/mol. The van der Waals surface area contributed by atoms with Crippen LogP contribution < -0.4 is 10.9 Å². The van der Waals surface area contributed by atoms with Gasteiger partial charge in [-0.3, -0.25) is 5.32 Å². The molecule has 1 aliphatic rings. The maximum atomic E-state index is 12.5. The molecular formula is C24H23NO5. The van der Waals surface area contributed by atoms with Gasteiger partial charge in [0.2, 0.25) is 0 Å². The summed E-state index contributed by atoms with van der Waals surface area (Å²) in [6.45, 7) is 1.80. The lowest BCUT2D eigenvalue weighted by atomic mass is 9.87. The summed E-state index contributed by atoms with van der Waals surface area (Å²) in [7, 11) is 0. The maximum Gasteiger partial charge on any atom is 0.411 e. The maximum absolute atomic E-state index is 12.5. The standard InChI is InChI=1S/C24H23NO5/c1-15-12-20(26)22(23(27)30-15)21(17-10-11-17)18-8-5-9-19(13-18)25-24(28)29-14-16-6-3-2-4-7-16/h2-9,12-13,17,21,26H,10-11,14H2,1H3,(H,25,28). The molecule has 3 aromatic rings. The Morgan fingerprint density at radius 2 is 1.93 bits per heavy atom. The van der Waals surface area contributed by atoms with E-state index in [2.05, 4.69) is 5.32 Å². The van der Waals surface area contributed by atoms with Gasteiger partial charge >= 0.3 is 11.7 Å². The molecule has 1 heterocycles. The first-order chi connectivity index (χ1) is 14.5. The molecule has 2 N–H and O–H groups in total. The van der Waals surface area contributed by atoms with Crippen molar-refractivity contribution in [2.45, 2.75) is 32.3 Å². The second-order valence-corrected chi connectivity index (χ2v) is 7.57. The number of aryl methyl sites for hydroxylation is 1. The molecule has 2 aromatic carbocycles. The molecule has 1 atom stereocenters. The van der Waals surface area contributed by atoms with Gasteiger partial charge in [-0.1, -0.05) is 42.5 Å². The zero-order valence-corrected chi connectivity index (χ0v) is 16.6. The van der Waals surface area contributed by atoms with Crippen molar-refractivity contribution in [3.8, 4) is 5.75 Å². The lowest BCUT2D eigenvalue weighted by Crippen LogP contribution is -2.17. The molecule has 4 rings (SSSR count). The van der Waals surface area contributed by atoms with Gasteiger partial charge in [-0.25, -0.2) is 9.59 Å². The highest BCUT2D eigenvalue weighted by atomic mass is 16.5. The molecular weight excluding hydrogens is 382 g/mol. The fourth-order valence-electron chi connectivity index (χ4n) is 3.68. The van der Waals surface area contributed by atoms with E-state index >= 15 is 0 Å². The number of amides is 1. The number of anilines is 1. The van der Waals surface area contributed by atoms with Crippen molar-refractivity contribution >= 4 is 11.8 Å². The smallest absolute Gasteiger partial charge is 0.411 e. The highest BCUT2D eigenvalue weighted by Gasteiger charge is 2.37. The molecule has 1 amide bonds. The number of hydrogen-bond acceptors (Lipinski definition) is 5. The van der Waals surface area contributed by atoms with Crippen LogP contribution in [-0.2, 0) is 11.3 Å². The predicted molar refractivity (Wildman–Crippen MR) is 113 cm³/mol. The van der Waals surface area contributed by atoms with Crippen LogP contribution >= 0.6 is 0 Å². The molecule has 0 bridgehead atoms. The summed E-state index contributed by atoms with van der Waals surface area (Å²) in [5.74, 6) is 0.277. The monoisotopic (exact) mass is 405 g/mol. The van der Waals surface area contributed by atoms with Crippen molar-refractivity contribution in [2.24, 2.45) is 5.92 Å².